The molecule has 0 aromatic carbocycles. The second-order valence-electron chi connectivity index (χ2n) is 1.94. The van der Waals surface area contributed by atoms with Crippen LogP contribution >= 0.6 is 11.6 Å². The Balaban J connectivity index is 2.94. The maximum absolute atomic E-state index is 5.59. The topological polar surface area (TPSA) is 39.2 Å². The lowest BCUT2D eigenvalue weighted by atomic mass is 10.2. The summed E-state index contributed by atoms with van der Waals surface area (Å²) in [6.45, 7) is 1.86. The molecule has 1 aromatic rings. The zero-order valence-corrected chi connectivity index (χ0v) is 5.85. The summed E-state index contributed by atoms with van der Waals surface area (Å²) in [5, 5.41) is 0.394. The first-order valence-electron chi connectivity index (χ1n) is 2.70. The van der Waals surface area contributed by atoms with Crippen molar-refractivity contribution in [1.29, 1.82) is 0 Å². The first-order chi connectivity index (χ1) is 4.22. The minimum absolute atomic E-state index is 0.0451. The van der Waals surface area contributed by atoms with Gasteiger partial charge in [-0.25, -0.2) is 0 Å². The lowest BCUT2D eigenvalue weighted by Gasteiger charge is -1.98. The molecule has 0 amide bonds. The first kappa shape index (κ1) is 6.65. The lowest BCUT2D eigenvalue weighted by Crippen LogP contribution is -2.03. The van der Waals surface area contributed by atoms with Gasteiger partial charge in [0, 0.05) is 11.6 Å². The van der Waals surface area contributed by atoms with Crippen LogP contribution in [-0.4, -0.2) is 0 Å². The normalized spacial score (nSPS) is 13.7. The van der Waals surface area contributed by atoms with E-state index < -0.39 is 0 Å². The van der Waals surface area contributed by atoms with Crippen molar-refractivity contribution >= 4 is 11.6 Å². The van der Waals surface area contributed by atoms with Gasteiger partial charge in [0.05, 0.1) is 6.26 Å². The van der Waals surface area contributed by atoms with E-state index in [4.69, 9.17) is 21.8 Å². The van der Waals surface area contributed by atoms with Gasteiger partial charge < -0.3 is 10.2 Å². The molecule has 1 rings (SSSR count). The fourth-order valence-corrected chi connectivity index (χ4v) is 0.918. The van der Waals surface area contributed by atoms with Crippen LogP contribution < -0.4 is 5.73 Å². The Morgan fingerprint density at radius 1 is 1.78 bits per heavy atom. The molecule has 0 aliphatic rings. The largest absolute Gasteiger partial charge is 0.453 e. The molecule has 1 atom stereocenters. The molecule has 0 fully saturated rings. The molecule has 0 saturated heterocycles. The Morgan fingerprint density at radius 2 is 2.44 bits per heavy atom. The SMILES string of the molecule is C[C@H](N)c1ccoc1Cl. The van der Waals surface area contributed by atoms with Crippen LogP contribution in [0, 0.1) is 0 Å². The van der Waals surface area contributed by atoms with Gasteiger partial charge >= 0.3 is 0 Å². The van der Waals surface area contributed by atoms with Crippen LogP contribution in [0.15, 0.2) is 16.7 Å². The molecule has 0 radical (unpaired) electrons. The second-order valence-corrected chi connectivity index (χ2v) is 2.28. The molecular weight excluding hydrogens is 138 g/mol. The van der Waals surface area contributed by atoms with Crippen LogP contribution in [0.25, 0.3) is 0 Å². The molecular formula is C6H8ClNO. The summed E-state index contributed by atoms with van der Waals surface area (Å²) in [5.41, 5.74) is 6.37. The average molecular weight is 146 g/mol. The number of rotatable bonds is 1. The third kappa shape index (κ3) is 1.26. The summed E-state index contributed by atoms with van der Waals surface area (Å²) in [7, 11) is 0. The molecule has 1 heterocycles. The third-order valence-electron chi connectivity index (χ3n) is 1.14. The van der Waals surface area contributed by atoms with Gasteiger partial charge in [0.15, 0.2) is 5.22 Å². The molecule has 2 nitrogen and oxygen atoms in total. The molecule has 0 aliphatic carbocycles. The quantitative estimate of drug-likeness (QED) is 0.656. The van der Waals surface area contributed by atoms with Gasteiger partial charge in [-0.1, -0.05) is 0 Å². The Kier molecular flexibility index (Phi) is 1.78. The van der Waals surface area contributed by atoms with E-state index >= 15 is 0 Å². The second kappa shape index (κ2) is 2.42. The summed E-state index contributed by atoms with van der Waals surface area (Å²) in [6.07, 6.45) is 1.53. The van der Waals surface area contributed by atoms with Gasteiger partial charge in [0.2, 0.25) is 0 Å². The molecule has 1 aromatic heterocycles. The van der Waals surface area contributed by atoms with E-state index in [1.54, 1.807) is 6.07 Å². The molecule has 0 bridgehead atoms. The molecule has 0 spiro atoms. The number of halogens is 1. The number of hydrogen-bond acceptors (Lipinski definition) is 2. The number of hydrogen-bond donors (Lipinski definition) is 1. The van der Waals surface area contributed by atoms with Crippen molar-refractivity contribution in [1.82, 2.24) is 0 Å². The highest BCUT2D eigenvalue weighted by atomic mass is 35.5. The number of furan rings is 1. The van der Waals surface area contributed by atoms with E-state index in [9.17, 15) is 0 Å². The van der Waals surface area contributed by atoms with Crippen molar-refractivity contribution in [2.75, 3.05) is 0 Å². The van der Waals surface area contributed by atoms with Crippen molar-refractivity contribution < 1.29 is 4.42 Å². The maximum Gasteiger partial charge on any atom is 0.197 e. The fourth-order valence-electron chi connectivity index (χ4n) is 0.631. The average Bonchev–Trinajstić information content (AvgIpc) is 2.13. The molecule has 3 heteroatoms. The monoisotopic (exact) mass is 145 g/mol. The molecule has 9 heavy (non-hydrogen) atoms. The highest BCUT2D eigenvalue weighted by Crippen LogP contribution is 2.21. The predicted octanol–water partition coefficient (Wildman–Crippen LogP) is 1.95. The molecule has 2 N–H and O–H groups in total. The van der Waals surface area contributed by atoms with Crippen molar-refractivity contribution in [3.05, 3.63) is 23.1 Å². The van der Waals surface area contributed by atoms with Crippen molar-refractivity contribution in [3.8, 4) is 0 Å². The highest BCUT2D eigenvalue weighted by molar-refractivity contribution is 6.29. The fraction of sp³-hybridized carbons (Fsp3) is 0.333. The van der Waals surface area contributed by atoms with E-state index in [1.165, 1.54) is 6.26 Å². The van der Waals surface area contributed by atoms with Crippen molar-refractivity contribution in [2.45, 2.75) is 13.0 Å². The Hall–Kier alpha value is -0.470. The molecule has 50 valence electrons. The Bertz CT molecular complexity index is 195. The van der Waals surface area contributed by atoms with Crippen molar-refractivity contribution in [2.24, 2.45) is 5.73 Å². The summed E-state index contributed by atoms with van der Waals surface area (Å²) < 4.78 is 4.81. The third-order valence-corrected chi connectivity index (χ3v) is 1.44. The van der Waals surface area contributed by atoms with E-state index in [2.05, 4.69) is 0 Å². The summed E-state index contributed by atoms with van der Waals surface area (Å²) in [5.74, 6) is 0. The van der Waals surface area contributed by atoms with Crippen LogP contribution in [0.1, 0.15) is 18.5 Å². The standard InChI is InChI=1S/C6H8ClNO/c1-4(8)5-2-3-9-6(5)7/h2-4H,8H2,1H3/t4-/m0/s1. The summed E-state index contributed by atoms with van der Waals surface area (Å²) in [4.78, 5) is 0. The first-order valence-corrected chi connectivity index (χ1v) is 3.08. The van der Waals surface area contributed by atoms with Gasteiger partial charge in [-0.3, -0.25) is 0 Å². The zero-order valence-electron chi connectivity index (χ0n) is 5.10. The molecule has 0 aliphatic heterocycles. The minimum atomic E-state index is -0.0451. The summed E-state index contributed by atoms with van der Waals surface area (Å²) in [6, 6.07) is 1.73. The van der Waals surface area contributed by atoms with E-state index in [0.717, 1.165) is 5.56 Å². The van der Waals surface area contributed by atoms with Gasteiger partial charge in [0.1, 0.15) is 0 Å². The summed E-state index contributed by atoms with van der Waals surface area (Å²) >= 11 is 5.59. The predicted molar refractivity (Wildman–Crippen MR) is 36.3 cm³/mol. The van der Waals surface area contributed by atoms with Crippen LogP contribution in [0.3, 0.4) is 0 Å². The smallest absolute Gasteiger partial charge is 0.197 e. The molecule has 0 unspecified atom stereocenters. The van der Waals surface area contributed by atoms with Crippen LogP contribution in [0.5, 0.6) is 0 Å². The van der Waals surface area contributed by atoms with E-state index in [0.29, 0.717) is 5.22 Å². The van der Waals surface area contributed by atoms with Gasteiger partial charge in [0.25, 0.3) is 0 Å². The van der Waals surface area contributed by atoms with E-state index in [1.807, 2.05) is 6.92 Å². The Labute approximate surface area is 58.6 Å². The van der Waals surface area contributed by atoms with Crippen molar-refractivity contribution in [3.63, 3.8) is 0 Å². The highest BCUT2D eigenvalue weighted by Gasteiger charge is 2.05. The molecule has 0 saturated carbocycles. The van der Waals surface area contributed by atoms with Crippen LogP contribution in [-0.2, 0) is 0 Å². The lowest BCUT2D eigenvalue weighted by molar-refractivity contribution is 0.563. The minimum Gasteiger partial charge on any atom is -0.453 e. The Morgan fingerprint density at radius 3 is 2.67 bits per heavy atom. The van der Waals surface area contributed by atoms with Crippen LogP contribution in [0.4, 0.5) is 0 Å². The van der Waals surface area contributed by atoms with Gasteiger partial charge in [-0.05, 0) is 24.6 Å². The van der Waals surface area contributed by atoms with Gasteiger partial charge in [-0.15, -0.1) is 0 Å². The van der Waals surface area contributed by atoms with Crippen LogP contribution in [0.2, 0.25) is 5.22 Å². The number of nitrogens with two attached hydrogens (primary N) is 1. The maximum atomic E-state index is 5.59. The van der Waals surface area contributed by atoms with Gasteiger partial charge in [-0.2, -0.15) is 0 Å². The van der Waals surface area contributed by atoms with E-state index in [-0.39, 0.29) is 6.04 Å². The zero-order chi connectivity index (χ0) is 6.85.